The summed E-state index contributed by atoms with van der Waals surface area (Å²) in [4.78, 5) is 0. The van der Waals surface area contributed by atoms with E-state index in [9.17, 15) is 31.4 Å². The number of hydrogen-bond acceptors (Lipinski definition) is 2. The molecule has 4 atom stereocenters. The largest absolute Gasteiger partial charge is 0.438 e. The van der Waals surface area contributed by atoms with Crippen LogP contribution in [0, 0.1) is 29.1 Å². The summed E-state index contributed by atoms with van der Waals surface area (Å²) in [5.74, 6) is 2.98. The van der Waals surface area contributed by atoms with Crippen LogP contribution in [0.1, 0.15) is 46.0 Å². The van der Waals surface area contributed by atoms with Crippen LogP contribution in [0.5, 0.6) is 0 Å². The Morgan fingerprint density at radius 1 is 1.20 bits per heavy atom. The molecule has 2 nitrogen and oxygen atoms in total. The van der Waals surface area contributed by atoms with Gasteiger partial charge in [-0.05, 0) is 62.1 Å². The summed E-state index contributed by atoms with van der Waals surface area (Å²) in [6, 6.07) is 0. The highest BCUT2D eigenvalue weighted by Crippen LogP contribution is 2.56. The Balaban J connectivity index is 2.18. The molecule has 2 aliphatic carbocycles. The third kappa shape index (κ3) is 4.91. The average molecular weight is 457 g/mol. The number of fused-ring (bicyclic) bond motifs is 1. The number of rotatable bonds is 4. The molecule has 30 heavy (non-hydrogen) atoms. The van der Waals surface area contributed by atoms with Crippen molar-refractivity contribution in [1.82, 2.24) is 0 Å². The second kappa shape index (κ2) is 8.17. The van der Waals surface area contributed by atoms with Gasteiger partial charge in [0.2, 0.25) is 0 Å². The van der Waals surface area contributed by atoms with E-state index in [1.165, 1.54) is 0 Å². The van der Waals surface area contributed by atoms with E-state index in [4.69, 9.17) is 4.43 Å². The lowest BCUT2D eigenvalue weighted by molar-refractivity contribution is -0.343. The molecule has 172 valence electrons. The molecule has 0 heterocycles. The summed E-state index contributed by atoms with van der Waals surface area (Å²) in [5, 5.41) is 9.19. The molecule has 0 saturated heterocycles. The maximum Gasteiger partial charge on any atom is 0.438 e. The van der Waals surface area contributed by atoms with Crippen LogP contribution in [0.15, 0.2) is 11.6 Å². The molecule has 0 bridgehead atoms. The van der Waals surface area contributed by atoms with Gasteiger partial charge in [-0.25, -0.2) is 0 Å². The number of hydrogen-bond donors (Lipinski definition) is 1. The smallest absolute Gasteiger partial charge is 0.414 e. The first-order valence-corrected chi connectivity index (χ1v) is 13.6. The monoisotopic (exact) mass is 456 g/mol. The molecule has 2 rings (SSSR count). The van der Waals surface area contributed by atoms with Crippen molar-refractivity contribution < 1.29 is 35.9 Å². The Kier molecular flexibility index (Phi) is 6.89. The van der Waals surface area contributed by atoms with E-state index in [1.54, 1.807) is 6.92 Å². The highest BCUT2D eigenvalue weighted by molar-refractivity contribution is 6.69. The Labute approximate surface area is 175 Å². The van der Waals surface area contributed by atoms with Crippen LogP contribution in [0.25, 0.3) is 0 Å². The van der Waals surface area contributed by atoms with Gasteiger partial charge < -0.3 is 9.53 Å². The minimum atomic E-state index is -5.92. The first kappa shape index (κ1) is 25.3. The minimum Gasteiger partial charge on any atom is -0.414 e. The van der Waals surface area contributed by atoms with Gasteiger partial charge in [0.1, 0.15) is 0 Å². The number of halogens is 6. The van der Waals surface area contributed by atoms with Crippen LogP contribution in [0.2, 0.25) is 19.6 Å². The van der Waals surface area contributed by atoms with Gasteiger partial charge in [-0.1, -0.05) is 37.8 Å². The van der Waals surface area contributed by atoms with E-state index in [0.717, 1.165) is 37.2 Å². The zero-order chi connectivity index (χ0) is 23.2. The van der Waals surface area contributed by atoms with Gasteiger partial charge in [0.05, 0.1) is 0 Å². The van der Waals surface area contributed by atoms with Gasteiger partial charge in [-0.15, -0.1) is 0 Å². The summed E-state index contributed by atoms with van der Waals surface area (Å²) in [6.45, 7) is 10.3. The maximum atomic E-state index is 12.8. The average Bonchev–Trinajstić information content (AvgIpc) is 2.89. The van der Waals surface area contributed by atoms with E-state index in [-0.39, 0.29) is 29.8 Å². The SMILES string of the molecule is CC(CC#CC(O)(C(F)(F)F)C(F)(F)F)C1=CCC2C(O[Si](C)(C)C)CCCC12C. The molecule has 0 spiro atoms. The van der Waals surface area contributed by atoms with Crippen LogP contribution in [-0.4, -0.2) is 37.5 Å². The molecule has 0 aromatic rings. The molecule has 9 heteroatoms. The predicted octanol–water partition coefficient (Wildman–Crippen LogP) is 6.23. The van der Waals surface area contributed by atoms with Crippen molar-refractivity contribution in [3.63, 3.8) is 0 Å². The van der Waals surface area contributed by atoms with Crippen molar-refractivity contribution >= 4 is 8.32 Å². The Morgan fingerprint density at radius 2 is 1.77 bits per heavy atom. The van der Waals surface area contributed by atoms with Crippen molar-refractivity contribution in [3.8, 4) is 11.8 Å². The fraction of sp³-hybridized carbons (Fsp3) is 0.810. The van der Waals surface area contributed by atoms with Crippen LogP contribution < -0.4 is 0 Å². The lowest BCUT2D eigenvalue weighted by Gasteiger charge is -2.46. The lowest BCUT2D eigenvalue weighted by atomic mass is 9.63. The molecule has 1 saturated carbocycles. The van der Waals surface area contributed by atoms with E-state index in [2.05, 4.69) is 32.6 Å². The zero-order valence-electron chi connectivity index (χ0n) is 18.0. The first-order chi connectivity index (χ1) is 13.4. The maximum absolute atomic E-state index is 12.8. The van der Waals surface area contributed by atoms with Gasteiger partial charge in [-0.3, -0.25) is 0 Å². The van der Waals surface area contributed by atoms with E-state index < -0.39 is 26.3 Å². The molecular formula is C21H30F6O2Si. The lowest BCUT2D eigenvalue weighted by Crippen LogP contribution is -2.55. The highest BCUT2D eigenvalue weighted by atomic mass is 28.4. The summed E-state index contributed by atoms with van der Waals surface area (Å²) in [7, 11) is -1.75. The summed E-state index contributed by atoms with van der Waals surface area (Å²) in [6.07, 6.45) is -6.25. The Hall–Kier alpha value is -0.983. The molecule has 1 N–H and O–H groups in total. The number of aliphatic hydroxyl groups is 1. The van der Waals surface area contributed by atoms with Crippen molar-refractivity contribution in [3.05, 3.63) is 11.6 Å². The number of allylic oxidation sites excluding steroid dienone is 2. The first-order valence-electron chi connectivity index (χ1n) is 10.2. The van der Waals surface area contributed by atoms with Crippen LogP contribution in [-0.2, 0) is 4.43 Å². The van der Waals surface area contributed by atoms with Gasteiger partial charge in [0, 0.05) is 12.5 Å². The molecule has 0 aromatic carbocycles. The zero-order valence-corrected chi connectivity index (χ0v) is 19.0. The van der Waals surface area contributed by atoms with Gasteiger partial charge in [-0.2, -0.15) is 26.3 Å². The highest BCUT2D eigenvalue weighted by Gasteiger charge is 2.70. The number of alkyl halides is 6. The molecule has 0 aliphatic heterocycles. The molecule has 2 aliphatic rings. The molecule has 0 radical (unpaired) electrons. The topological polar surface area (TPSA) is 29.5 Å². The normalized spacial score (nSPS) is 29.0. The van der Waals surface area contributed by atoms with Crippen molar-refractivity contribution in [2.24, 2.45) is 17.3 Å². The van der Waals surface area contributed by atoms with Crippen molar-refractivity contribution in [1.29, 1.82) is 0 Å². The standard InChI is InChI=1S/C21H30F6O2Si/c1-14(8-6-13-19(28,20(22,23)24)21(25,26)27)15-10-11-16-17(29-30(3,4)5)9-7-12-18(15,16)2/h10,14,16-17,28H,7-9,11-12H2,1-5H3. The second-order valence-corrected chi connectivity index (χ2v) is 14.2. The van der Waals surface area contributed by atoms with E-state index >= 15 is 0 Å². The molecular weight excluding hydrogens is 426 g/mol. The van der Waals surface area contributed by atoms with Crippen molar-refractivity contribution in [2.45, 2.75) is 89.7 Å². The van der Waals surface area contributed by atoms with Crippen LogP contribution in [0.4, 0.5) is 26.3 Å². The fourth-order valence-corrected chi connectivity index (χ4v) is 6.02. The summed E-state index contributed by atoms with van der Waals surface area (Å²) >= 11 is 0. The van der Waals surface area contributed by atoms with Gasteiger partial charge in [0.25, 0.3) is 0 Å². The Morgan fingerprint density at radius 3 is 2.27 bits per heavy atom. The van der Waals surface area contributed by atoms with Crippen LogP contribution in [0.3, 0.4) is 0 Å². The van der Waals surface area contributed by atoms with E-state index in [1.807, 2.05) is 5.92 Å². The third-order valence-corrected chi connectivity index (χ3v) is 7.25. The minimum absolute atomic E-state index is 0.114. The van der Waals surface area contributed by atoms with Crippen molar-refractivity contribution in [2.75, 3.05) is 0 Å². The predicted molar refractivity (Wildman–Crippen MR) is 105 cm³/mol. The quantitative estimate of drug-likeness (QED) is 0.235. The second-order valence-electron chi connectivity index (χ2n) is 9.69. The molecule has 4 unspecified atom stereocenters. The third-order valence-electron chi connectivity index (χ3n) is 6.24. The molecule has 0 amide bonds. The summed E-state index contributed by atoms with van der Waals surface area (Å²) in [5.41, 5.74) is -4.20. The fourth-order valence-electron chi connectivity index (χ4n) is 4.83. The Bertz CT molecular complexity index is 711. The molecule has 0 aromatic heterocycles. The van der Waals surface area contributed by atoms with E-state index in [0.29, 0.717) is 0 Å². The van der Waals surface area contributed by atoms with Crippen LogP contribution >= 0.6 is 0 Å². The van der Waals surface area contributed by atoms with Gasteiger partial charge >= 0.3 is 18.0 Å². The molecule has 1 fully saturated rings. The van der Waals surface area contributed by atoms with Gasteiger partial charge in [0.15, 0.2) is 8.32 Å². The summed E-state index contributed by atoms with van der Waals surface area (Å²) < 4.78 is 83.1.